The zero-order valence-corrected chi connectivity index (χ0v) is 10.9. The van der Waals surface area contributed by atoms with E-state index in [0.717, 1.165) is 24.8 Å². The third-order valence-corrected chi connectivity index (χ3v) is 3.76. The summed E-state index contributed by atoms with van der Waals surface area (Å²) in [5.41, 5.74) is 0. The quantitative estimate of drug-likeness (QED) is 0.779. The van der Waals surface area contributed by atoms with E-state index in [1.807, 2.05) is 11.8 Å². The van der Waals surface area contributed by atoms with Gasteiger partial charge in [0.25, 0.3) is 0 Å². The Morgan fingerprint density at radius 2 is 2.33 bits per heavy atom. The Morgan fingerprint density at radius 3 is 3.00 bits per heavy atom. The predicted molar refractivity (Wildman–Crippen MR) is 69.8 cm³/mol. The van der Waals surface area contributed by atoms with Crippen molar-refractivity contribution in [2.45, 2.75) is 32.7 Å². The summed E-state index contributed by atoms with van der Waals surface area (Å²) in [6, 6.07) is 0.647. The molecule has 0 aliphatic carbocycles. The molecule has 0 bridgehead atoms. The van der Waals surface area contributed by atoms with Crippen LogP contribution in [0.5, 0.6) is 0 Å². The van der Waals surface area contributed by atoms with E-state index >= 15 is 0 Å². The molecule has 0 spiro atoms. The Hall–Kier alpha value is -0.220. The molecule has 0 saturated carbocycles. The van der Waals surface area contributed by atoms with E-state index < -0.39 is 0 Å². The second-order valence-electron chi connectivity index (χ2n) is 3.97. The molecular weight excluding hydrogens is 206 g/mol. The number of hydrogen-bond donors (Lipinski definition) is 1. The fraction of sp³-hybridized carbons (Fsp3) is 0.909. The van der Waals surface area contributed by atoms with Crippen molar-refractivity contribution >= 4 is 16.9 Å². The zero-order valence-electron chi connectivity index (χ0n) is 10.1. The minimum atomic E-state index is 0.647. The first-order valence-corrected chi connectivity index (χ1v) is 6.87. The van der Waals surface area contributed by atoms with Crippen LogP contribution in [0.25, 0.3) is 0 Å². The van der Waals surface area contributed by atoms with Gasteiger partial charge in [0.1, 0.15) is 0 Å². The Kier molecular flexibility index (Phi) is 6.10. The fourth-order valence-corrected chi connectivity index (χ4v) is 2.49. The summed E-state index contributed by atoms with van der Waals surface area (Å²) in [6.45, 7) is 7.47. The van der Waals surface area contributed by atoms with E-state index in [0.29, 0.717) is 6.04 Å². The van der Waals surface area contributed by atoms with Gasteiger partial charge in [0.05, 0.1) is 6.54 Å². The number of nitrogens with one attached hydrogen (secondary N) is 1. The standard InChI is InChI=1S/C11H23N3S/c1-4-10-6-9-15-11(13-10)12-7-8-14(3)5-2/h10H,4-9H2,1-3H3,(H,12,13). The van der Waals surface area contributed by atoms with Crippen LogP contribution in [0.1, 0.15) is 26.7 Å². The van der Waals surface area contributed by atoms with Crippen molar-refractivity contribution in [3.63, 3.8) is 0 Å². The van der Waals surface area contributed by atoms with Crippen LogP contribution in [0, 0.1) is 0 Å². The lowest BCUT2D eigenvalue weighted by Crippen LogP contribution is -2.37. The summed E-state index contributed by atoms with van der Waals surface area (Å²) in [5.74, 6) is 1.22. The first-order valence-electron chi connectivity index (χ1n) is 5.88. The van der Waals surface area contributed by atoms with Crippen LogP contribution >= 0.6 is 11.8 Å². The van der Waals surface area contributed by atoms with Crippen LogP contribution in [-0.4, -0.2) is 48.5 Å². The summed E-state index contributed by atoms with van der Waals surface area (Å²) in [7, 11) is 2.14. The van der Waals surface area contributed by atoms with Gasteiger partial charge < -0.3 is 10.2 Å². The highest BCUT2D eigenvalue weighted by atomic mass is 32.2. The average molecular weight is 229 g/mol. The van der Waals surface area contributed by atoms with Crippen molar-refractivity contribution in [1.29, 1.82) is 0 Å². The molecule has 1 heterocycles. The molecule has 88 valence electrons. The number of aliphatic imine (C=N–C) groups is 1. The van der Waals surface area contributed by atoms with Crippen molar-refractivity contribution in [3.05, 3.63) is 0 Å². The van der Waals surface area contributed by atoms with E-state index in [1.54, 1.807) is 0 Å². The number of likely N-dealkylation sites (N-methyl/N-ethyl adjacent to an activating group) is 1. The largest absolute Gasteiger partial charge is 0.362 e. The topological polar surface area (TPSA) is 27.6 Å². The van der Waals surface area contributed by atoms with Gasteiger partial charge in [-0.15, -0.1) is 0 Å². The Labute approximate surface area is 97.7 Å². The third kappa shape index (κ3) is 4.89. The molecule has 15 heavy (non-hydrogen) atoms. The highest BCUT2D eigenvalue weighted by Gasteiger charge is 2.14. The highest BCUT2D eigenvalue weighted by Crippen LogP contribution is 2.15. The smallest absolute Gasteiger partial charge is 0.156 e. The number of nitrogens with zero attached hydrogens (tertiary/aromatic N) is 2. The van der Waals surface area contributed by atoms with E-state index in [2.05, 4.69) is 36.1 Å². The molecule has 0 amide bonds. The first kappa shape index (κ1) is 12.8. The highest BCUT2D eigenvalue weighted by molar-refractivity contribution is 8.13. The van der Waals surface area contributed by atoms with Crippen molar-refractivity contribution in [1.82, 2.24) is 10.2 Å². The van der Waals surface area contributed by atoms with Gasteiger partial charge in [0, 0.05) is 18.3 Å². The van der Waals surface area contributed by atoms with Crippen LogP contribution in [0.4, 0.5) is 0 Å². The maximum Gasteiger partial charge on any atom is 0.156 e. The van der Waals surface area contributed by atoms with Gasteiger partial charge in [-0.1, -0.05) is 25.6 Å². The summed E-state index contributed by atoms with van der Waals surface area (Å²) >= 11 is 1.86. The van der Waals surface area contributed by atoms with Gasteiger partial charge >= 0.3 is 0 Å². The molecule has 1 rings (SSSR count). The van der Waals surface area contributed by atoms with E-state index in [1.165, 1.54) is 18.6 Å². The summed E-state index contributed by atoms with van der Waals surface area (Å²) in [5, 5.41) is 4.64. The molecule has 1 aliphatic heterocycles. The van der Waals surface area contributed by atoms with Crippen LogP contribution in [0.3, 0.4) is 0 Å². The van der Waals surface area contributed by atoms with Crippen LogP contribution in [-0.2, 0) is 0 Å². The van der Waals surface area contributed by atoms with E-state index in [4.69, 9.17) is 0 Å². The third-order valence-electron chi connectivity index (χ3n) is 2.80. The number of thioether (sulfide) groups is 1. The molecule has 1 N–H and O–H groups in total. The summed E-state index contributed by atoms with van der Waals surface area (Å²) < 4.78 is 0. The lowest BCUT2D eigenvalue weighted by atomic mass is 10.2. The second kappa shape index (κ2) is 7.12. The van der Waals surface area contributed by atoms with Crippen LogP contribution in [0.15, 0.2) is 4.99 Å². The van der Waals surface area contributed by atoms with Gasteiger partial charge in [-0.2, -0.15) is 0 Å². The minimum absolute atomic E-state index is 0.647. The SMILES string of the molecule is CCC1CCSC(=NCCN(C)CC)N1. The van der Waals surface area contributed by atoms with Crippen molar-refractivity contribution < 1.29 is 0 Å². The predicted octanol–water partition coefficient (Wildman–Crippen LogP) is 1.80. The zero-order chi connectivity index (χ0) is 11.1. The molecule has 0 aromatic carbocycles. The maximum absolute atomic E-state index is 4.60. The van der Waals surface area contributed by atoms with Gasteiger partial charge in [0.2, 0.25) is 0 Å². The molecule has 1 unspecified atom stereocenters. The molecule has 1 saturated heterocycles. The van der Waals surface area contributed by atoms with Gasteiger partial charge in [-0.25, -0.2) is 0 Å². The Morgan fingerprint density at radius 1 is 1.53 bits per heavy atom. The Bertz CT molecular complexity index is 206. The first-order chi connectivity index (χ1) is 7.26. The van der Waals surface area contributed by atoms with Gasteiger partial charge in [-0.3, -0.25) is 4.99 Å². The molecule has 0 radical (unpaired) electrons. The average Bonchev–Trinajstić information content (AvgIpc) is 2.29. The maximum atomic E-state index is 4.60. The minimum Gasteiger partial charge on any atom is -0.362 e. The molecule has 4 heteroatoms. The van der Waals surface area contributed by atoms with Crippen molar-refractivity contribution in [2.75, 3.05) is 32.4 Å². The lowest BCUT2D eigenvalue weighted by Gasteiger charge is -2.24. The lowest BCUT2D eigenvalue weighted by molar-refractivity contribution is 0.363. The fourth-order valence-electron chi connectivity index (χ4n) is 1.46. The summed E-state index contributed by atoms with van der Waals surface area (Å²) in [6.07, 6.45) is 2.48. The molecule has 1 atom stereocenters. The molecule has 0 aromatic rings. The van der Waals surface area contributed by atoms with Gasteiger partial charge in [-0.05, 0) is 26.4 Å². The molecular formula is C11H23N3S. The molecule has 1 fully saturated rings. The van der Waals surface area contributed by atoms with Crippen molar-refractivity contribution in [2.24, 2.45) is 4.99 Å². The monoisotopic (exact) mass is 229 g/mol. The molecule has 3 nitrogen and oxygen atoms in total. The number of hydrogen-bond acceptors (Lipinski definition) is 3. The normalized spacial score (nSPS) is 24.5. The number of amidine groups is 1. The molecule has 0 aromatic heterocycles. The summed E-state index contributed by atoms with van der Waals surface area (Å²) in [4.78, 5) is 6.88. The number of rotatable bonds is 5. The van der Waals surface area contributed by atoms with Crippen molar-refractivity contribution in [3.8, 4) is 0 Å². The Balaban J connectivity index is 2.26. The van der Waals surface area contributed by atoms with E-state index in [-0.39, 0.29) is 0 Å². The second-order valence-corrected chi connectivity index (χ2v) is 5.05. The molecule has 1 aliphatic rings. The van der Waals surface area contributed by atoms with Gasteiger partial charge in [0.15, 0.2) is 5.17 Å². The van der Waals surface area contributed by atoms with Crippen LogP contribution in [0.2, 0.25) is 0 Å². The van der Waals surface area contributed by atoms with Crippen LogP contribution < -0.4 is 5.32 Å². The van der Waals surface area contributed by atoms with E-state index in [9.17, 15) is 0 Å².